The molecule has 0 fully saturated rings. The lowest BCUT2D eigenvalue weighted by Gasteiger charge is -2.33. The first-order chi connectivity index (χ1) is 17.9. The van der Waals surface area contributed by atoms with Crippen LogP contribution in [0.15, 0.2) is 46.6 Å². The first-order valence-corrected chi connectivity index (χ1v) is 12.2. The number of rotatable bonds is 4. The molecule has 0 bridgehead atoms. The number of alkyl halides is 3. The monoisotopic (exact) mass is 574 g/mol. The van der Waals surface area contributed by atoms with Crippen molar-refractivity contribution in [3.05, 3.63) is 62.8 Å². The molecule has 4 rings (SSSR count). The van der Waals surface area contributed by atoms with E-state index in [1.807, 2.05) is 0 Å². The summed E-state index contributed by atoms with van der Waals surface area (Å²) in [6.07, 6.45) is -5.42. The maximum Gasteiger partial charge on any atom is 0.431 e. The summed E-state index contributed by atoms with van der Waals surface area (Å²) in [6.45, 7) is 4.85. The van der Waals surface area contributed by atoms with E-state index in [1.165, 1.54) is 40.2 Å². The van der Waals surface area contributed by atoms with Crippen molar-refractivity contribution in [3.63, 3.8) is 0 Å². The Morgan fingerprint density at radius 3 is 2.37 bits per heavy atom. The molecule has 0 amide bonds. The number of anilines is 1. The second kappa shape index (κ2) is 12.3. The normalized spacial score (nSPS) is 16.8. The van der Waals surface area contributed by atoms with Gasteiger partial charge >= 0.3 is 12.1 Å². The summed E-state index contributed by atoms with van der Waals surface area (Å²) in [5.41, 5.74) is 0.522. The molecule has 12 heteroatoms. The number of benzene rings is 2. The summed E-state index contributed by atoms with van der Waals surface area (Å²) in [4.78, 5) is 15.3. The molecule has 7 nitrogen and oxygen atoms in total. The Labute approximate surface area is 228 Å². The average molecular weight is 575 g/mol. The van der Waals surface area contributed by atoms with Gasteiger partial charge in [0.25, 0.3) is 0 Å². The summed E-state index contributed by atoms with van der Waals surface area (Å²) >= 11 is 12.5. The van der Waals surface area contributed by atoms with Crippen molar-refractivity contribution in [1.82, 2.24) is 0 Å². The van der Waals surface area contributed by atoms with Gasteiger partial charge in [-0.25, -0.2) is 0 Å². The van der Waals surface area contributed by atoms with Gasteiger partial charge in [0.1, 0.15) is 24.2 Å². The third-order valence-corrected chi connectivity index (χ3v) is 6.10. The van der Waals surface area contributed by atoms with Gasteiger partial charge in [-0.1, -0.05) is 23.2 Å². The maximum absolute atomic E-state index is 14.1. The standard InChI is InChI=1S/C22H19Cl2F3N2O3.C4H8O2/c1-11-9-28-18-10-32-19(15-7-13(24)8-17(30-2)20(15)31-3)14-6-12(23)4-5-16(14)29(18)21(11)22(25,26)27;1-3-6-4(2)5/h4-8,19H,9-10H2,1-3H3;3H2,1-2H3/t19-;/m0./s1. The predicted octanol–water partition coefficient (Wildman–Crippen LogP) is 6.75. The maximum atomic E-state index is 14.1. The minimum atomic E-state index is -4.58. The van der Waals surface area contributed by atoms with Crippen LogP contribution < -0.4 is 14.4 Å². The third-order valence-electron chi connectivity index (χ3n) is 5.65. The summed E-state index contributed by atoms with van der Waals surface area (Å²) in [5.74, 6) is 0.671. The number of esters is 1. The highest BCUT2D eigenvalue weighted by Gasteiger charge is 2.45. The van der Waals surface area contributed by atoms with E-state index in [4.69, 9.17) is 37.4 Å². The van der Waals surface area contributed by atoms with Gasteiger partial charge in [0, 0.05) is 34.2 Å². The molecule has 2 aromatic rings. The third kappa shape index (κ3) is 6.36. The van der Waals surface area contributed by atoms with Gasteiger partial charge in [0.05, 0.1) is 33.1 Å². The van der Waals surface area contributed by atoms with Crippen LogP contribution in [0.4, 0.5) is 18.9 Å². The van der Waals surface area contributed by atoms with Crippen molar-refractivity contribution in [2.24, 2.45) is 4.99 Å². The first-order valence-electron chi connectivity index (χ1n) is 11.5. The topological polar surface area (TPSA) is 69.6 Å². The van der Waals surface area contributed by atoms with E-state index in [1.54, 1.807) is 25.1 Å². The Morgan fingerprint density at radius 2 is 1.82 bits per heavy atom. The highest BCUT2D eigenvalue weighted by atomic mass is 35.5. The number of nitrogens with zero attached hydrogens (tertiary/aromatic N) is 2. The van der Waals surface area contributed by atoms with E-state index in [0.717, 1.165) is 4.90 Å². The van der Waals surface area contributed by atoms with Crippen LogP contribution in [0.3, 0.4) is 0 Å². The number of aliphatic imine (C=N–C) groups is 1. The smallest absolute Gasteiger partial charge is 0.431 e. The Bertz CT molecular complexity index is 1260. The number of hydrogen-bond acceptors (Lipinski definition) is 7. The molecule has 0 spiro atoms. The molecule has 206 valence electrons. The van der Waals surface area contributed by atoms with Crippen molar-refractivity contribution in [1.29, 1.82) is 0 Å². The molecule has 38 heavy (non-hydrogen) atoms. The molecule has 0 aliphatic carbocycles. The average Bonchev–Trinajstić information content (AvgIpc) is 2.99. The van der Waals surface area contributed by atoms with Crippen molar-refractivity contribution in [2.75, 3.05) is 38.9 Å². The second-order valence-corrected chi connectivity index (χ2v) is 9.12. The quantitative estimate of drug-likeness (QED) is 0.376. The van der Waals surface area contributed by atoms with Gasteiger partial charge in [-0.15, -0.1) is 0 Å². The Morgan fingerprint density at radius 1 is 1.13 bits per heavy atom. The van der Waals surface area contributed by atoms with Gasteiger partial charge in [0.15, 0.2) is 11.5 Å². The van der Waals surface area contributed by atoms with Crippen LogP contribution in [0.5, 0.6) is 11.5 Å². The molecule has 2 heterocycles. The fourth-order valence-electron chi connectivity index (χ4n) is 4.21. The molecular formula is C26H27Cl2F3N2O5. The minimum Gasteiger partial charge on any atom is -0.493 e. The lowest BCUT2D eigenvalue weighted by atomic mass is 9.97. The molecule has 0 N–H and O–H groups in total. The predicted molar refractivity (Wildman–Crippen MR) is 140 cm³/mol. The molecule has 0 radical (unpaired) electrons. The van der Waals surface area contributed by atoms with Crippen LogP contribution in [0, 0.1) is 0 Å². The fourth-order valence-corrected chi connectivity index (χ4v) is 4.61. The molecule has 0 unspecified atom stereocenters. The van der Waals surface area contributed by atoms with E-state index < -0.39 is 18.0 Å². The Hall–Kier alpha value is -2.95. The van der Waals surface area contributed by atoms with Crippen molar-refractivity contribution >= 4 is 40.7 Å². The van der Waals surface area contributed by atoms with E-state index in [0.29, 0.717) is 39.3 Å². The molecule has 0 saturated heterocycles. The van der Waals surface area contributed by atoms with Crippen molar-refractivity contribution in [3.8, 4) is 11.5 Å². The van der Waals surface area contributed by atoms with Gasteiger partial charge in [-0.05, 0) is 43.7 Å². The fraction of sp³-hybridized carbons (Fsp3) is 0.385. The Kier molecular flexibility index (Phi) is 9.56. The summed E-state index contributed by atoms with van der Waals surface area (Å²) in [6, 6.07) is 7.87. The number of ether oxygens (including phenoxy) is 4. The number of carbonyl (C=O) groups is 1. The van der Waals surface area contributed by atoms with Crippen molar-refractivity contribution in [2.45, 2.75) is 33.1 Å². The van der Waals surface area contributed by atoms with Crippen LogP contribution in [-0.2, 0) is 14.3 Å². The lowest BCUT2D eigenvalue weighted by Crippen LogP contribution is -2.42. The van der Waals surface area contributed by atoms with Gasteiger partial charge in [-0.3, -0.25) is 14.7 Å². The first kappa shape index (κ1) is 29.6. The van der Waals surface area contributed by atoms with E-state index in [9.17, 15) is 18.0 Å². The van der Waals surface area contributed by atoms with Crippen LogP contribution in [0.25, 0.3) is 0 Å². The Balaban J connectivity index is 0.000000599. The highest BCUT2D eigenvalue weighted by Crippen LogP contribution is 2.48. The van der Waals surface area contributed by atoms with Gasteiger partial charge in [0.2, 0.25) is 0 Å². The number of allylic oxidation sites excluding steroid dienone is 1. The minimum absolute atomic E-state index is 0.0636. The largest absolute Gasteiger partial charge is 0.493 e. The van der Waals surface area contributed by atoms with Gasteiger partial charge in [-0.2, -0.15) is 13.2 Å². The highest BCUT2D eigenvalue weighted by molar-refractivity contribution is 6.31. The number of methoxy groups -OCH3 is 2. The van der Waals surface area contributed by atoms with Crippen LogP contribution in [0.2, 0.25) is 10.0 Å². The number of carbonyl (C=O) groups excluding carboxylic acids is 1. The zero-order valence-electron chi connectivity index (χ0n) is 21.4. The zero-order chi connectivity index (χ0) is 28.2. The van der Waals surface area contributed by atoms with E-state index >= 15 is 0 Å². The van der Waals surface area contributed by atoms with Gasteiger partial charge < -0.3 is 18.9 Å². The number of halogens is 5. The molecule has 2 aliphatic rings. The lowest BCUT2D eigenvalue weighted by molar-refractivity contribution is -0.140. The van der Waals surface area contributed by atoms with Crippen LogP contribution in [0.1, 0.15) is 38.0 Å². The van der Waals surface area contributed by atoms with E-state index in [2.05, 4.69) is 9.73 Å². The number of fused-ring (bicyclic) bond motifs is 3. The van der Waals surface area contributed by atoms with Crippen LogP contribution in [-0.4, -0.2) is 52.0 Å². The molecule has 0 saturated carbocycles. The van der Waals surface area contributed by atoms with E-state index in [-0.39, 0.29) is 36.2 Å². The molecular weight excluding hydrogens is 548 g/mol. The number of amidine groups is 1. The SMILES string of the molecule is CCOC(C)=O.COc1cc(Cl)cc([C@H]2OCC3=NCC(C)=C(C(F)(F)F)N3c3ccc(Cl)cc32)c1OC. The summed E-state index contributed by atoms with van der Waals surface area (Å²) in [7, 11) is 2.93. The summed E-state index contributed by atoms with van der Waals surface area (Å²) < 4.78 is 63.7. The van der Waals surface area contributed by atoms with Crippen molar-refractivity contribution < 1.29 is 36.9 Å². The second-order valence-electron chi connectivity index (χ2n) is 8.24. The molecule has 1 atom stereocenters. The summed E-state index contributed by atoms with van der Waals surface area (Å²) in [5, 5.41) is 0.702. The molecule has 0 aromatic heterocycles. The van der Waals surface area contributed by atoms with Crippen LogP contribution >= 0.6 is 23.2 Å². The molecule has 2 aromatic carbocycles. The number of hydrogen-bond donors (Lipinski definition) is 0. The zero-order valence-corrected chi connectivity index (χ0v) is 22.9. The molecule has 2 aliphatic heterocycles.